The number of rotatable bonds is 3. The second-order valence-corrected chi connectivity index (χ2v) is 6.11. The Morgan fingerprint density at radius 3 is 2.68 bits per heavy atom. The van der Waals surface area contributed by atoms with Crippen LogP contribution in [0.1, 0.15) is 5.56 Å². The molecule has 2 aromatic carbocycles. The molecule has 0 amide bonds. The number of hydrogen-bond acceptors (Lipinski definition) is 1. The summed E-state index contributed by atoms with van der Waals surface area (Å²) in [7, 11) is 0. The normalized spacial score (nSPS) is 11.0. The lowest BCUT2D eigenvalue weighted by atomic mass is 10.1. The van der Waals surface area contributed by atoms with Crippen molar-refractivity contribution in [1.82, 2.24) is 9.55 Å². The molecule has 0 aliphatic carbocycles. The third-order valence-corrected chi connectivity index (χ3v) is 4.20. The zero-order chi connectivity index (χ0) is 13.2. The first-order chi connectivity index (χ1) is 9.24. The summed E-state index contributed by atoms with van der Waals surface area (Å²) in [5, 5.41) is 0. The molecule has 0 aliphatic rings. The van der Waals surface area contributed by atoms with E-state index >= 15 is 0 Å². The standard InChI is InChI=1S/C15H13IN2S/c16-12-6-7-14-13(10-12)17-15(19)18(14)9-8-11-4-2-1-3-5-11/h1-7,10H,8-9H2,(H,17,19). The highest BCUT2D eigenvalue weighted by Gasteiger charge is 2.04. The SMILES string of the molecule is S=c1[nH]c2cc(I)ccc2n1CCc1ccccc1. The second kappa shape index (κ2) is 5.46. The van der Waals surface area contributed by atoms with Gasteiger partial charge >= 0.3 is 0 Å². The summed E-state index contributed by atoms with van der Waals surface area (Å²) in [6, 6.07) is 16.9. The van der Waals surface area contributed by atoms with Crippen molar-refractivity contribution in [3.63, 3.8) is 0 Å². The molecule has 3 aromatic rings. The minimum Gasteiger partial charge on any atom is -0.331 e. The van der Waals surface area contributed by atoms with Gasteiger partial charge in [-0.2, -0.15) is 0 Å². The maximum absolute atomic E-state index is 5.42. The minimum atomic E-state index is 0.799. The van der Waals surface area contributed by atoms with Gasteiger partial charge in [-0.25, -0.2) is 0 Å². The third-order valence-electron chi connectivity index (χ3n) is 3.20. The van der Waals surface area contributed by atoms with Crippen molar-refractivity contribution in [2.24, 2.45) is 0 Å². The molecule has 2 nitrogen and oxygen atoms in total. The molecule has 19 heavy (non-hydrogen) atoms. The van der Waals surface area contributed by atoms with Crippen LogP contribution in [0.15, 0.2) is 48.5 Å². The van der Waals surface area contributed by atoms with Crippen LogP contribution in [0.4, 0.5) is 0 Å². The van der Waals surface area contributed by atoms with Crippen molar-refractivity contribution >= 4 is 45.8 Å². The molecule has 1 heterocycles. The van der Waals surface area contributed by atoms with Crippen LogP contribution in [0.3, 0.4) is 0 Å². The van der Waals surface area contributed by atoms with Crippen molar-refractivity contribution in [1.29, 1.82) is 0 Å². The Labute approximate surface area is 130 Å². The van der Waals surface area contributed by atoms with Crippen LogP contribution in [-0.2, 0) is 13.0 Å². The van der Waals surface area contributed by atoms with E-state index in [1.54, 1.807) is 0 Å². The quantitative estimate of drug-likeness (QED) is 0.523. The molecule has 0 spiro atoms. The summed E-state index contributed by atoms with van der Waals surface area (Å²) >= 11 is 7.73. The fraction of sp³-hybridized carbons (Fsp3) is 0.133. The molecule has 0 bridgehead atoms. The average Bonchev–Trinajstić information content (AvgIpc) is 2.72. The molecule has 0 saturated carbocycles. The predicted molar refractivity (Wildman–Crippen MR) is 90.0 cm³/mol. The Morgan fingerprint density at radius 2 is 1.89 bits per heavy atom. The number of imidazole rings is 1. The van der Waals surface area contributed by atoms with Crippen molar-refractivity contribution in [2.75, 3.05) is 0 Å². The molecule has 0 saturated heterocycles. The molecule has 0 atom stereocenters. The van der Waals surface area contributed by atoms with Gasteiger partial charge < -0.3 is 9.55 Å². The van der Waals surface area contributed by atoms with Crippen molar-refractivity contribution < 1.29 is 0 Å². The summed E-state index contributed by atoms with van der Waals surface area (Å²) in [6.45, 7) is 0.906. The largest absolute Gasteiger partial charge is 0.331 e. The highest BCUT2D eigenvalue weighted by atomic mass is 127. The zero-order valence-corrected chi connectivity index (χ0v) is 13.2. The molecule has 1 N–H and O–H groups in total. The summed E-state index contributed by atoms with van der Waals surface area (Å²) in [5.74, 6) is 0. The molecule has 0 radical (unpaired) electrons. The van der Waals surface area contributed by atoms with E-state index in [2.05, 4.69) is 74.6 Å². The van der Waals surface area contributed by atoms with Gasteiger partial charge in [-0.05, 0) is 65.0 Å². The molecular weight excluding hydrogens is 367 g/mol. The van der Waals surface area contributed by atoms with Gasteiger partial charge in [0.05, 0.1) is 11.0 Å². The fourth-order valence-electron chi connectivity index (χ4n) is 2.24. The lowest BCUT2D eigenvalue weighted by Gasteiger charge is -2.05. The van der Waals surface area contributed by atoms with Crippen LogP contribution >= 0.6 is 34.8 Å². The zero-order valence-electron chi connectivity index (χ0n) is 10.3. The number of nitrogens with one attached hydrogen (secondary N) is 1. The van der Waals surface area contributed by atoms with Gasteiger partial charge in [0.1, 0.15) is 0 Å². The Bertz CT molecular complexity index is 759. The van der Waals surface area contributed by atoms with E-state index < -0.39 is 0 Å². The van der Waals surface area contributed by atoms with Gasteiger partial charge in [-0.3, -0.25) is 0 Å². The summed E-state index contributed by atoms with van der Waals surface area (Å²) in [4.78, 5) is 3.28. The minimum absolute atomic E-state index is 0.799. The number of aromatic nitrogens is 2. The van der Waals surface area contributed by atoms with E-state index in [-0.39, 0.29) is 0 Å². The third kappa shape index (κ3) is 2.74. The van der Waals surface area contributed by atoms with Gasteiger partial charge in [-0.1, -0.05) is 30.3 Å². The molecule has 1 aromatic heterocycles. The van der Waals surface area contributed by atoms with Crippen molar-refractivity contribution in [3.05, 3.63) is 62.4 Å². The van der Waals surface area contributed by atoms with E-state index in [0.29, 0.717) is 0 Å². The summed E-state index contributed by atoms with van der Waals surface area (Å²) in [5.41, 5.74) is 3.63. The second-order valence-electron chi connectivity index (χ2n) is 4.48. The molecule has 0 unspecified atom stereocenters. The van der Waals surface area contributed by atoms with Crippen LogP contribution in [0.25, 0.3) is 11.0 Å². The van der Waals surface area contributed by atoms with Crippen molar-refractivity contribution in [3.8, 4) is 0 Å². The first-order valence-electron chi connectivity index (χ1n) is 6.16. The van der Waals surface area contributed by atoms with Crippen LogP contribution in [-0.4, -0.2) is 9.55 Å². The highest BCUT2D eigenvalue weighted by Crippen LogP contribution is 2.18. The fourth-order valence-corrected chi connectivity index (χ4v) is 3.03. The molecule has 0 aliphatic heterocycles. The highest BCUT2D eigenvalue weighted by molar-refractivity contribution is 14.1. The summed E-state index contributed by atoms with van der Waals surface area (Å²) in [6.07, 6.45) is 0.994. The smallest absolute Gasteiger partial charge is 0.178 e. The molecule has 4 heteroatoms. The van der Waals surface area contributed by atoms with E-state index in [0.717, 1.165) is 23.3 Å². The summed E-state index contributed by atoms with van der Waals surface area (Å²) < 4.78 is 4.19. The van der Waals surface area contributed by atoms with Crippen LogP contribution < -0.4 is 0 Å². The number of hydrogen-bond donors (Lipinski definition) is 1. The van der Waals surface area contributed by atoms with Gasteiger partial charge in [-0.15, -0.1) is 0 Å². The topological polar surface area (TPSA) is 20.7 Å². The number of aromatic amines is 1. The van der Waals surface area contributed by atoms with Gasteiger partial charge in [0, 0.05) is 10.1 Å². The van der Waals surface area contributed by atoms with Gasteiger partial charge in [0.25, 0.3) is 0 Å². The van der Waals surface area contributed by atoms with Gasteiger partial charge in [0.2, 0.25) is 0 Å². The lowest BCUT2D eigenvalue weighted by Crippen LogP contribution is -2.01. The lowest BCUT2D eigenvalue weighted by molar-refractivity contribution is 0.706. The number of H-pyrrole nitrogens is 1. The van der Waals surface area contributed by atoms with Crippen LogP contribution in [0.5, 0.6) is 0 Å². The first kappa shape index (κ1) is 12.9. The predicted octanol–water partition coefficient (Wildman–Crippen LogP) is 4.55. The Balaban J connectivity index is 1.93. The number of nitrogens with zero attached hydrogens (tertiary/aromatic N) is 1. The van der Waals surface area contributed by atoms with Crippen molar-refractivity contribution in [2.45, 2.75) is 13.0 Å². The molecular formula is C15H13IN2S. The molecule has 3 rings (SSSR count). The maximum Gasteiger partial charge on any atom is 0.178 e. The maximum atomic E-state index is 5.42. The van der Waals surface area contributed by atoms with E-state index in [1.807, 2.05) is 6.07 Å². The van der Waals surface area contributed by atoms with E-state index in [4.69, 9.17) is 12.2 Å². The number of benzene rings is 2. The monoisotopic (exact) mass is 380 g/mol. The number of halogens is 1. The van der Waals surface area contributed by atoms with E-state index in [1.165, 1.54) is 14.7 Å². The van der Waals surface area contributed by atoms with E-state index in [9.17, 15) is 0 Å². The first-order valence-corrected chi connectivity index (χ1v) is 7.65. The Hall–Kier alpha value is -1.14. The Morgan fingerprint density at radius 1 is 1.11 bits per heavy atom. The van der Waals surface area contributed by atoms with Crippen LogP contribution in [0, 0.1) is 8.34 Å². The van der Waals surface area contributed by atoms with Gasteiger partial charge in [0.15, 0.2) is 4.77 Å². The van der Waals surface area contributed by atoms with Crippen LogP contribution in [0.2, 0.25) is 0 Å². The molecule has 0 fully saturated rings. The number of aryl methyl sites for hydroxylation is 2. The molecule has 96 valence electrons. The average molecular weight is 380 g/mol. The number of fused-ring (bicyclic) bond motifs is 1. The Kier molecular flexibility index (Phi) is 3.70.